The SMILES string of the molecule is NCC1CCCCC1NS(=O)(=O)C1CC1. The Morgan fingerprint density at radius 3 is 2.40 bits per heavy atom. The zero-order valence-electron chi connectivity index (χ0n) is 8.98. The zero-order chi connectivity index (χ0) is 10.9. The molecule has 3 N–H and O–H groups in total. The van der Waals surface area contributed by atoms with Crippen molar-refractivity contribution in [1.82, 2.24) is 4.72 Å². The minimum absolute atomic E-state index is 0.0920. The first-order valence-electron chi connectivity index (χ1n) is 5.84. The van der Waals surface area contributed by atoms with Gasteiger partial charge in [-0.25, -0.2) is 13.1 Å². The lowest BCUT2D eigenvalue weighted by atomic mass is 9.85. The standard InChI is InChI=1S/C10H20N2O2S/c11-7-8-3-1-2-4-10(8)12-15(13,14)9-5-6-9/h8-10,12H,1-7,11H2. The first kappa shape index (κ1) is 11.4. The fourth-order valence-electron chi connectivity index (χ4n) is 2.33. The van der Waals surface area contributed by atoms with Crippen molar-refractivity contribution in [2.45, 2.75) is 49.8 Å². The summed E-state index contributed by atoms with van der Waals surface area (Å²) in [4.78, 5) is 0. The molecule has 88 valence electrons. The van der Waals surface area contributed by atoms with Crippen molar-refractivity contribution in [3.63, 3.8) is 0 Å². The lowest BCUT2D eigenvalue weighted by Gasteiger charge is -2.31. The van der Waals surface area contributed by atoms with Crippen LogP contribution in [0.3, 0.4) is 0 Å². The molecule has 2 fully saturated rings. The van der Waals surface area contributed by atoms with E-state index in [2.05, 4.69) is 4.72 Å². The maximum Gasteiger partial charge on any atom is 0.214 e. The van der Waals surface area contributed by atoms with Gasteiger partial charge in [0.15, 0.2) is 0 Å². The minimum Gasteiger partial charge on any atom is -0.330 e. The number of rotatable bonds is 4. The number of hydrogen-bond donors (Lipinski definition) is 2. The van der Waals surface area contributed by atoms with Crippen LogP contribution in [-0.2, 0) is 10.0 Å². The molecule has 0 aliphatic heterocycles. The zero-order valence-corrected chi connectivity index (χ0v) is 9.80. The Labute approximate surface area is 91.7 Å². The minimum atomic E-state index is -3.04. The van der Waals surface area contributed by atoms with Crippen molar-refractivity contribution in [1.29, 1.82) is 0 Å². The van der Waals surface area contributed by atoms with Gasteiger partial charge in [-0.2, -0.15) is 0 Å². The molecule has 0 spiro atoms. The van der Waals surface area contributed by atoms with Crippen LogP contribution in [0.2, 0.25) is 0 Å². The molecule has 0 amide bonds. The second kappa shape index (κ2) is 4.39. The average Bonchev–Trinajstić information content (AvgIpc) is 3.01. The van der Waals surface area contributed by atoms with E-state index in [1.165, 1.54) is 6.42 Å². The number of nitrogens with two attached hydrogens (primary N) is 1. The molecule has 5 heteroatoms. The summed E-state index contributed by atoms with van der Waals surface area (Å²) in [7, 11) is -3.04. The molecule has 2 rings (SSSR count). The van der Waals surface area contributed by atoms with E-state index in [9.17, 15) is 8.42 Å². The Morgan fingerprint density at radius 1 is 1.13 bits per heavy atom. The van der Waals surface area contributed by atoms with Crippen molar-refractivity contribution in [2.24, 2.45) is 11.7 Å². The molecule has 0 aromatic rings. The van der Waals surface area contributed by atoms with Gasteiger partial charge in [0.25, 0.3) is 0 Å². The van der Waals surface area contributed by atoms with Crippen LogP contribution in [0.25, 0.3) is 0 Å². The van der Waals surface area contributed by atoms with Gasteiger partial charge < -0.3 is 5.73 Å². The molecule has 0 radical (unpaired) electrons. The molecule has 2 aliphatic carbocycles. The molecule has 0 saturated heterocycles. The van der Waals surface area contributed by atoms with Gasteiger partial charge in [0.05, 0.1) is 5.25 Å². The highest BCUT2D eigenvalue weighted by molar-refractivity contribution is 7.90. The lowest BCUT2D eigenvalue weighted by molar-refractivity contribution is 0.296. The highest BCUT2D eigenvalue weighted by Crippen LogP contribution is 2.30. The summed E-state index contributed by atoms with van der Waals surface area (Å²) in [5.41, 5.74) is 5.67. The van der Waals surface area contributed by atoms with E-state index in [1.54, 1.807) is 0 Å². The van der Waals surface area contributed by atoms with E-state index in [0.29, 0.717) is 12.5 Å². The van der Waals surface area contributed by atoms with Crippen LogP contribution >= 0.6 is 0 Å². The molecule has 2 saturated carbocycles. The molecular weight excluding hydrogens is 212 g/mol. The van der Waals surface area contributed by atoms with E-state index in [0.717, 1.165) is 32.1 Å². The van der Waals surface area contributed by atoms with Gasteiger partial charge in [-0.15, -0.1) is 0 Å². The monoisotopic (exact) mass is 232 g/mol. The molecule has 4 nitrogen and oxygen atoms in total. The van der Waals surface area contributed by atoms with Crippen LogP contribution in [0.5, 0.6) is 0 Å². The van der Waals surface area contributed by atoms with E-state index in [-0.39, 0.29) is 11.3 Å². The summed E-state index contributed by atoms with van der Waals surface area (Å²) in [5, 5.41) is -0.113. The van der Waals surface area contributed by atoms with E-state index in [1.807, 2.05) is 0 Å². The first-order valence-corrected chi connectivity index (χ1v) is 7.39. The Morgan fingerprint density at radius 2 is 1.80 bits per heavy atom. The summed E-state index contributed by atoms with van der Waals surface area (Å²) >= 11 is 0. The number of nitrogens with one attached hydrogen (secondary N) is 1. The van der Waals surface area contributed by atoms with Gasteiger partial charge in [0.1, 0.15) is 0 Å². The quantitative estimate of drug-likeness (QED) is 0.745. The maximum absolute atomic E-state index is 11.8. The Kier molecular flexibility index (Phi) is 3.33. The second-order valence-electron chi connectivity index (χ2n) is 4.75. The fourth-order valence-corrected chi connectivity index (χ4v) is 4.01. The molecule has 2 unspecified atom stereocenters. The summed E-state index contributed by atoms with van der Waals surface area (Å²) in [6.07, 6.45) is 5.98. The van der Waals surface area contributed by atoms with Crippen molar-refractivity contribution in [2.75, 3.05) is 6.54 Å². The van der Waals surface area contributed by atoms with Crippen molar-refractivity contribution >= 4 is 10.0 Å². The van der Waals surface area contributed by atoms with Crippen LogP contribution in [0.4, 0.5) is 0 Å². The van der Waals surface area contributed by atoms with Crippen molar-refractivity contribution in [3.05, 3.63) is 0 Å². The van der Waals surface area contributed by atoms with Gasteiger partial charge in [0.2, 0.25) is 10.0 Å². The van der Waals surface area contributed by atoms with Crippen LogP contribution in [0, 0.1) is 5.92 Å². The lowest BCUT2D eigenvalue weighted by Crippen LogP contribution is -2.45. The van der Waals surface area contributed by atoms with Crippen LogP contribution in [0.15, 0.2) is 0 Å². The predicted octanol–water partition coefficient (Wildman–Crippen LogP) is 0.586. The molecule has 2 atom stereocenters. The van der Waals surface area contributed by atoms with Crippen molar-refractivity contribution in [3.8, 4) is 0 Å². The van der Waals surface area contributed by atoms with E-state index < -0.39 is 10.0 Å². The highest BCUT2D eigenvalue weighted by atomic mass is 32.2. The smallest absolute Gasteiger partial charge is 0.214 e. The third-order valence-electron chi connectivity index (χ3n) is 3.49. The van der Waals surface area contributed by atoms with Crippen LogP contribution < -0.4 is 10.5 Å². The molecular formula is C10H20N2O2S. The Bertz CT molecular complexity index is 311. The van der Waals surface area contributed by atoms with Crippen LogP contribution in [-0.4, -0.2) is 26.3 Å². The second-order valence-corrected chi connectivity index (χ2v) is 6.74. The summed E-state index contributed by atoms with van der Waals surface area (Å²) in [5.74, 6) is 0.340. The fraction of sp³-hybridized carbons (Fsp3) is 1.00. The molecule has 0 aromatic carbocycles. The Hall–Kier alpha value is -0.130. The predicted molar refractivity (Wildman–Crippen MR) is 59.9 cm³/mol. The molecule has 0 aromatic heterocycles. The summed E-state index contributed by atoms with van der Waals surface area (Å²) in [6.45, 7) is 0.595. The average molecular weight is 232 g/mol. The summed E-state index contributed by atoms with van der Waals surface area (Å²) < 4.78 is 26.4. The van der Waals surface area contributed by atoms with Gasteiger partial charge in [-0.05, 0) is 38.1 Å². The van der Waals surface area contributed by atoms with Gasteiger partial charge in [-0.1, -0.05) is 12.8 Å². The van der Waals surface area contributed by atoms with Crippen LogP contribution in [0.1, 0.15) is 38.5 Å². The van der Waals surface area contributed by atoms with Gasteiger partial charge in [-0.3, -0.25) is 0 Å². The van der Waals surface area contributed by atoms with E-state index in [4.69, 9.17) is 5.73 Å². The maximum atomic E-state index is 11.8. The molecule has 0 heterocycles. The third kappa shape index (κ3) is 2.71. The van der Waals surface area contributed by atoms with Crippen molar-refractivity contribution < 1.29 is 8.42 Å². The number of sulfonamides is 1. The largest absolute Gasteiger partial charge is 0.330 e. The normalized spacial score (nSPS) is 32.9. The topological polar surface area (TPSA) is 72.2 Å². The highest BCUT2D eigenvalue weighted by Gasteiger charge is 2.38. The Balaban J connectivity index is 1.96. The molecule has 0 bridgehead atoms. The van der Waals surface area contributed by atoms with Gasteiger partial charge in [0, 0.05) is 6.04 Å². The molecule has 2 aliphatic rings. The molecule has 15 heavy (non-hydrogen) atoms. The van der Waals surface area contributed by atoms with E-state index >= 15 is 0 Å². The van der Waals surface area contributed by atoms with Gasteiger partial charge >= 0.3 is 0 Å². The number of hydrogen-bond acceptors (Lipinski definition) is 3. The summed E-state index contributed by atoms with van der Waals surface area (Å²) in [6, 6.07) is 0.0920. The third-order valence-corrected chi connectivity index (χ3v) is 5.47. The first-order chi connectivity index (χ1) is 7.13.